The summed E-state index contributed by atoms with van der Waals surface area (Å²) in [5, 5.41) is 17.8. The fourth-order valence-electron chi connectivity index (χ4n) is 1.54. The zero-order chi connectivity index (χ0) is 14.1. The van der Waals surface area contributed by atoms with E-state index in [4.69, 9.17) is 14.9 Å². The van der Waals surface area contributed by atoms with Gasteiger partial charge in [0.2, 0.25) is 0 Å². The minimum absolute atomic E-state index is 0.148. The molecule has 2 unspecified atom stereocenters. The maximum absolute atomic E-state index is 11.5. The molecule has 108 valence electrons. The monoisotopic (exact) mass is 286 g/mol. The van der Waals surface area contributed by atoms with Gasteiger partial charge in [0.05, 0.1) is 25.1 Å². The average Bonchev–Trinajstić information content (AvgIpc) is 2.40. The highest BCUT2D eigenvalue weighted by atomic mass is 32.2. The van der Waals surface area contributed by atoms with Crippen molar-refractivity contribution in [2.24, 2.45) is 0 Å². The summed E-state index contributed by atoms with van der Waals surface area (Å²) in [5.41, 5.74) is 1.20. The normalized spacial score (nSPS) is 14.1. The van der Waals surface area contributed by atoms with Crippen molar-refractivity contribution < 1.29 is 19.2 Å². The van der Waals surface area contributed by atoms with Gasteiger partial charge in [0.25, 0.3) is 0 Å². The molecule has 0 aliphatic carbocycles. The molecule has 0 aromatic heterocycles. The number of benzene rings is 1. The molecule has 2 N–H and O–H groups in total. The molecule has 0 spiro atoms. The summed E-state index contributed by atoms with van der Waals surface area (Å²) in [4.78, 5) is 0. The maximum atomic E-state index is 11.5. The summed E-state index contributed by atoms with van der Waals surface area (Å²) in [6, 6.07) is 7.87. The predicted octanol–water partition coefficient (Wildman–Crippen LogP) is 1.26. The van der Waals surface area contributed by atoms with E-state index >= 15 is 0 Å². The van der Waals surface area contributed by atoms with E-state index in [1.807, 2.05) is 31.2 Å². The van der Waals surface area contributed by atoms with Gasteiger partial charge >= 0.3 is 0 Å². The third-order valence-electron chi connectivity index (χ3n) is 2.65. The first-order valence-electron chi connectivity index (χ1n) is 6.45. The van der Waals surface area contributed by atoms with E-state index in [1.165, 1.54) is 5.56 Å². The van der Waals surface area contributed by atoms with Crippen LogP contribution >= 0.6 is 0 Å². The van der Waals surface area contributed by atoms with Crippen LogP contribution < -0.4 is 4.74 Å². The molecule has 1 aromatic carbocycles. The van der Waals surface area contributed by atoms with Gasteiger partial charge in [0, 0.05) is 16.6 Å². The second-order valence-electron chi connectivity index (χ2n) is 4.52. The molecule has 4 nitrogen and oxygen atoms in total. The summed E-state index contributed by atoms with van der Waals surface area (Å²) < 4.78 is 17.0. The molecule has 0 radical (unpaired) electrons. The number of aryl methyl sites for hydroxylation is 1. The molecule has 0 amide bonds. The summed E-state index contributed by atoms with van der Waals surface area (Å²) in [6.45, 7) is 2.30. The van der Waals surface area contributed by atoms with E-state index in [1.54, 1.807) is 0 Å². The Labute approximate surface area is 116 Å². The number of rotatable bonds is 9. The van der Waals surface area contributed by atoms with Crippen LogP contribution in [0.15, 0.2) is 24.3 Å². The second-order valence-corrected chi connectivity index (χ2v) is 6.14. The fourth-order valence-corrected chi connectivity index (χ4v) is 2.77. The summed E-state index contributed by atoms with van der Waals surface area (Å²) >= 11 is 0. The summed E-state index contributed by atoms with van der Waals surface area (Å²) in [7, 11) is -1.07. The van der Waals surface area contributed by atoms with Crippen molar-refractivity contribution in [3.05, 3.63) is 29.8 Å². The highest BCUT2D eigenvalue weighted by molar-refractivity contribution is 7.85. The Morgan fingerprint density at radius 1 is 1.26 bits per heavy atom. The van der Waals surface area contributed by atoms with Crippen molar-refractivity contribution in [2.75, 3.05) is 24.7 Å². The number of hydrogen-bond donors (Lipinski definition) is 2. The molecule has 0 fully saturated rings. The van der Waals surface area contributed by atoms with Crippen LogP contribution in [0.2, 0.25) is 0 Å². The Hall–Kier alpha value is -0.910. The minimum Gasteiger partial charge on any atom is -0.494 e. The van der Waals surface area contributed by atoms with Gasteiger partial charge in [-0.2, -0.15) is 0 Å². The van der Waals surface area contributed by atoms with Crippen LogP contribution in [0.5, 0.6) is 5.75 Å². The largest absolute Gasteiger partial charge is 0.494 e. The minimum atomic E-state index is -1.07. The Morgan fingerprint density at radius 2 is 1.95 bits per heavy atom. The lowest BCUT2D eigenvalue weighted by molar-refractivity contribution is 0.113. The van der Waals surface area contributed by atoms with Crippen molar-refractivity contribution in [3.8, 4) is 5.75 Å². The van der Waals surface area contributed by atoms with E-state index < -0.39 is 16.9 Å². The lowest BCUT2D eigenvalue weighted by atomic mass is 10.2. The van der Waals surface area contributed by atoms with E-state index in [-0.39, 0.29) is 12.4 Å². The Balaban J connectivity index is 2.08. The van der Waals surface area contributed by atoms with Crippen LogP contribution in [-0.2, 0) is 10.8 Å². The van der Waals surface area contributed by atoms with Crippen molar-refractivity contribution in [2.45, 2.75) is 25.9 Å². The molecular weight excluding hydrogens is 264 g/mol. The zero-order valence-electron chi connectivity index (χ0n) is 11.2. The Bertz CT molecular complexity index is 378. The van der Waals surface area contributed by atoms with Crippen molar-refractivity contribution in [1.82, 2.24) is 0 Å². The lowest BCUT2D eigenvalue weighted by Gasteiger charge is -2.08. The van der Waals surface area contributed by atoms with Crippen LogP contribution in [0.4, 0.5) is 0 Å². The van der Waals surface area contributed by atoms with Gasteiger partial charge in [-0.05, 0) is 31.9 Å². The Kier molecular flexibility index (Phi) is 7.70. The highest BCUT2D eigenvalue weighted by Gasteiger charge is 2.07. The number of ether oxygens (including phenoxy) is 1. The molecule has 0 saturated heterocycles. The van der Waals surface area contributed by atoms with Gasteiger partial charge < -0.3 is 14.9 Å². The smallest absolute Gasteiger partial charge is 0.119 e. The molecule has 0 bridgehead atoms. The van der Waals surface area contributed by atoms with Crippen molar-refractivity contribution >= 4 is 10.8 Å². The molecule has 1 rings (SSSR count). The zero-order valence-corrected chi connectivity index (χ0v) is 12.1. The topological polar surface area (TPSA) is 66.8 Å². The molecule has 5 heteroatoms. The van der Waals surface area contributed by atoms with Crippen LogP contribution in [0.25, 0.3) is 0 Å². The summed E-state index contributed by atoms with van der Waals surface area (Å²) in [5.74, 6) is 1.53. The molecule has 2 atom stereocenters. The van der Waals surface area contributed by atoms with Gasteiger partial charge in [0.1, 0.15) is 5.75 Å². The molecule has 0 aliphatic heterocycles. The maximum Gasteiger partial charge on any atom is 0.119 e. The predicted molar refractivity (Wildman–Crippen MR) is 76.9 cm³/mol. The molecule has 0 heterocycles. The van der Waals surface area contributed by atoms with Gasteiger partial charge in [0.15, 0.2) is 0 Å². The first kappa shape index (κ1) is 16.1. The molecule has 19 heavy (non-hydrogen) atoms. The number of aliphatic hydroxyl groups is 2. The highest BCUT2D eigenvalue weighted by Crippen LogP contribution is 2.11. The first-order chi connectivity index (χ1) is 9.11. The first-order valence-corrected chi connectivity index (χ1v) is 7.94. The second kappa shape index (κ2) is 9.07. The van der Waals surface area contributed by atoms with Gasteiger partial charge in [-0.25, -0.2) is 0 Å². The van der Waals surface area contributed by atoms with Gasteiger partial charge in [-0.15, -0.1) is 0 Å². The van der Waals surface area contributed by atoms with Crippen LogP contribution in [-0.4, -0.2) is 45.2 Å². The van der Waals surface area contributed by atoms with Crippen molar-refractivity contribution in [1.29, 1.82) is 0 Å². The quantitative estimate of drug-likeness (QED) is 0.671. The average molecular weight is 286 g/mol. The van der Waals surface area contributed by atoms with E-state index in [2.05, 4.69) is 0 Å². The summed E-state index contributed by atoms with van der Waals surface area (Å²) in [6.07, 6.45) is 0.746. The number of aliphatic hydroxyl groups excluding tert-OH is 2. The van der Waals surface area contributed by atoms with Gasteiger partial charge in [-0.1, -0.05) is 17.7 Å². The van der Waals surface area contributed by atoms with Crippen LogP contribution in [0, 0.1) is 6.92 Å². The van der Waals surface area contributed by atoms with Gasteiger partial charge in [-0.3, -0.25) is 4.21 Å². The number of unbranched alkanes of at least 4 members (excludes halogenated alkanes) is 1. The van der Waals surface area contributed by atoms with E-state index in [0.29, 0.717) is 12.4 Å². The standard InChI is InChI=1S/C14H22O4S/c1-12-4-6-14(7-5-12)18-8-2-3-9-19(17)11-13(16)10-15/h4-7,13,15-16H,2-3,8-11H2,1H3. The van der Waals surface area contributed by atoms with E-state index in [0.717, 1.165) is 18.6 Å². The van der Waals surface area contributed by atoms with Crippen LogP contribution in [0.3, 0.4) is 0 Å². The molecular formula is C14H22O4S. The van der Waals surface area contributed by atoms with Crippen LogP contribution in [0.1, 0.15) is 18.4 Å². The number of hydrogen-bond acceptors (Lipinski definition) is 4. The Morgan fingerprint density at radius 3 is 2.58 bits per heavy atom. The fraction of sp³-hybridized carbons (Fsp3) is 0.571. The molecule has 0 saturated carbocycles. The SMILES string of the molecule is Cc1ccc(OCCCCS(=O)CC(O)CO)cc1. The third kappa shape index (κ3) is 7.30. The van der Waals surface area contributed by atoms with Crippen molar-refractivity contribution in [3.63, 3.8) is 0 Å². The van der Waals surface area contributed by atoms with E-state index in [9.17, 15) is 4.21 Å². The third-order valence-corrected chi connectivity index (χ3v) is 4.15. The lowest BCUT2D eigenvalue weighted by Crippen LogP contribution is -2.22. The molecule has 1 aromatic rings. The molecule has 0 aliphatic rings.